The molecule has 0 spiro atoms. The maximum atomic E-state index is 9.94. The molecule has 1 aromatic heterocycles. The number of aliphatic hydroxyl groups is 1. The van der Waals surface area contributed by atoms with E-state index in [1.165, 1.54) is 11.1 Å². The Labute approximate surface area is 130 Å². The van der Waals surface area contributed by atoms with E-state index in [0.717, 1.165) is 25.3 Å². The lowest BCUT2D eigenvalue weighted by Crippen LogP contribution is -2.55. The van der Waals surface area contributed by atoms with Gasteiger partial charge in [-0.15, -0.1) is 0 Å². The number of ether oxygens (including phenoxy) is 1. The number of aryl methyl sites for hydroxylation is 1. The van der Waals surface area contributed by atoms with Crippen molar-refractivity contribution < 1.29 is 9.84 Å². The van der Waals surface area contributed by atoms with E-state index in [1.54, 1.807) is 6.20 Å². The van der Waals surface area contributed by atoms with Gasteiger partial charge in [0, 0.05) is 31.9 Å². The van der Waals surface area contributed by atoms with Gasteiger partial charge in [-0.3, -0.25) is 4.90 Å². The molecule has 1 aliphatic heterocycles. The molecule has 0 aliphatic carbocycles. The van der Waals surface area contributed by atoms with Crippen molar-refractivity contribution in [2.45, 2.75) is 25.5 Å². The number of aromatic nitrogens is 2. The van der Waals surface area contributed by atoms with Crippen LogP contribution in [0.3, 0.4) is 0 Å². The Morgan fingerprint density at radius 1 is 1.45 bits per heavy atom. The molecular formula is C17H23N3O2. The number of imidazole rings is 1. The number of aromatic amines is 1. The third-order valence-corrected chi connectivity index (χ3v) is 4.15. The molecule has 1 fully saturated rings. The van der Waals surface area contributed by atoms with Crippen LogP contribution >= 0.6 is 0 Å². The van der Waals surface area contributed by atoms with E-state index in [4.69, 9.17) is 4.74 Å². The molecule has 0 bridgehead atoms. The standard InChI is InChI=1S/C17H23N3O2/c1-14-3-2-4-15(9-14)10-17(13-21)12-20(7-8-22-17)11-16-18-5-6-19-16/h2-6,9,21H,7-8,10-13H2,1H3,(H,18,19)/t17-/m1/s1. The molecule has 3 rings (SSSR count). The van der Waals surface area contributed by atoms with Gasteiger partial charge in [-0.05, 0) is 12.5 Å². The highest BCUT2D eigenvalue weighted by Crippen LogP contribution is 2.24. The van der Waals surface area contributed by atoms with Gasteiger partial charge in [-0.2, -0.15) is 0 Å². The minimum Gasteiger partial charge on any atom is -0.393 e. The molecule has 118 valence electrons. The minimum absolute atomic E-state index is 0.0234. The SMILES string of the molecule is Cc1cccc(C[C@]2(CO)CN(Cc3ncc[nH]3)CCO2)c1. The third-order valence-electron chi connectivity index (χ3n) is 4.15. The fraction of sp³-hybridized carbons (Fsp3) is 0.471. The van der Waals surface area contributed by atoms with Crippen molar-refractivity contribution in [3.63, 3.8) is 0 Å². The van der Waals surface area contributed by atoms with Crippen LogP contribution in [0.5, 0.6) is 0 Å². The highest BCUT2D eigenvalue weighted by molar-refractivity contribution is 5.24. The van der Waals surface area contributed by atoms with Crippen LogP contribution in [0, 0.1) is 6.92 Å². The quantitative estimate of drug-likeness (QED) is 0.879. The van der Waals surface area contributed by atoms with Crippen LogP contribution in [0.15, 0.2) is 36.7 Å². The average Bonchev–Trinajstić information content (AvgIpc) is 3.00. The lowest BCUT2D eigenvalue weighted by atomic mass is 9.92. The number of benzene rings is 1. The maximum absolute atomic E-state index is 9.94. The molecule has 0 radical (unpaired) electrons. The predicted octanol–water partition coefficient (Wildman–Crippen LogP) is 1.52. The van der Waals surface area contributed by atoms with Gasteiger partial charge >= 0.3 is 0 Å². The Kier molecular flexibility index (Phi) is 4.57. The molecule has 1 aliphatic rings. The van der Waals surface area contributed by atoms with E-state index in [1.807, 2.05) is 6.20 Å². The Bertz CT molecular complexity index is 600. The lowest BCUT2D eigenvalue weighted by molar-refractivity contribution is -0.134. The molecule has 22 heavy (non-hydrogen) atoms. The van der Waals surface area contributed by atoms with Crippen molar-refractivity contribution in [3.8, 4) is 0 Å². The van der Waals surface area contributed by atoms with E-state index in [9.17, 15) is 5.11 Å². The largest absolute Gasteiger partial charge is 0.393 e. The normalized spacial score (nSPS) is 22.8. The first-order valence-electron chi connectivity index (χ1n) is 7.70. The zero-order valence-corrected chi connectivity index (χ0v) is 13.0. The van der Waals surface area contributed by atoms with Crippen molar-refractivity contribution in [2.75, 3.05) is 26.3 Å². The first-order chi connectivity index (χ1) is 10.7. The molecule has 1 aromatic carbocycles. The molecular weight excluding hydrogens is 278 g/mol. The Morgan fingerprint density at radius 3 is 3.09 bits per heavy atom. The van der Waals surface area contributed by atoms with Gasteiger partial charge in [0.2, 0.25) is 0 Å². The maximum Gasteiger partial charge on any atom is 0.120 e. The second-order valence-corrected chi connectivity index (χ2v) is 6.10. The number of aliphatic hydroxyl groups excluding tert-OH is 1. The molecule has 5 nitrogen and oxygen atoms in total. The van der Waals surface area contributed by atoms with Crippen molar-refractivity contribution >= 4 is 0 Å². The van der Waals surface area contributed by atoms with Crippen LogP contribution in [0.4, 0.5) is 0 Å². The van der Waals surface area contributed by atoms with Crippen molar-refractivity contribution in [1.82, 2.24) is 14.9 Å². The summed E-state index contributed by atoms with van der Waals surface area (Å²) < 4.78 is 5.99. The van der Waals surface area contributed by atoms with Gasteiger partial charge < -0.3 is 14.8 Å². The second kappa shape index (κ2) is 6.60. The van der Waals surface area contributed by atoms with Crippen molar-refractivity contribution in [1.29, 1.82) is 0 Å². The molecule has 0 unspecified atom stereocenters. The smallest absolute Gasteiger partial charge is 0.120 e. The Morgan fingerprint density at radius 2 is 2.36 bits per heavy atom. The van der Waals surface area contributed by atoms with E-state index < -0.39 is 5.60 Å². The molecule has 0 saturated carbocycles. The fourth-order valence-electron chi connectivity index (χ4n) is 3.11. The third kappa shape index (κ3) is 3.55. The van der Waals surface area contributed by atoms with E-state index in [2.05, 4.69) is 46.1 Å². The molecule has 0 amide bonds. The van der Waals surface area contributed by atoms with Crippen LogP contribution in [0.1, 0.15) is 17.0 Å². The van der Waals surface area contributed by atoms with Gasteiger partial charge in [0.15, 0.2) is 0 Å². The first-order valence-corrected chi connectivity index (χ1v) is 7.70. The van der Waals surface area contributed by atoms with Crippen LogP contribution < -0.4 is 0 Å². The molecule has 2 N–H and O–H groups in total. The van der Waals surface area contributed by atoms with E-state index in [-0.39, 0.29) is 6.61 Å². The number of nitrogens with zero attached hydrogens (tertiary/aromatic N) is 2. The van der Waals surface area contributed by atoms with E-state index >= 15 is 0 Å². The lowest BCUT2D eigenvalue weighted by Gasteiger charge is -2.41. The van der Waals surface area contributed by atoms with E-state index in [0.29, 0.717) is 13.2 Å². The number of morpholine rings is 1. The number of rotatable bonds is 5. The fourth-order valence-corrected chi connectivity index (χ4v) is 3.11. The summed E-state index contributed by atoms with van der Waals surface area (Å²) in [6.45, 7) is 5.06. The van der Waals surface area contributed by atoms with Gasteiger partial charge in [0.25, 0.3) is 0 Å². The molecule has 2 aromatic rings. The zero-order valence-electron chi connectivity index (χ0n) is 13.0. The Hall–Kier alpha value is -1.69. The van der Waals surface area contributed by atoms with Gasteiger partial charge in [-0.1, -0.05) is 29.8 Å². The van der Waals surface area contributed by atoms with Crippen molar-refractivity contribution in [3.05, 3.63) is 53.6 Å². The number of nitrogens with one attached hydrogen (secondary N) is 1. The summed E-state index contributed by atoms with van der Waals surface area (Å²) in [7, 11) is 0. The molecule has 1 atom stereocenters. The second-order valence-electron chi connectivity index (χ2n) is 6.10. The molecule has 1 saturated heterocycles. The minimum atomic E-state index is -0.529. The highest BCUT2D eigenvalue weighted by atomic mass is 16.5. The summed E-state index contributed by atoms with van der Waals surface area (Å²) in [5.74, 6) is 0.948. The van der Waals surface area contributed by atoms with Gasteiger partial charge in [0.05, 0.1) is 19.8 Å². The van der Waals surface area contributed by atoms with Crippen LogP contribution in [-0.4, -0.2) is 51.9 Å². The number of H-pyrrole nitrogens is 1. The zero-order chi connectivity index (χ0) is 15.4. The first kappa shape index (κ1) is 15.2. The predicted molar refractivity (Wildman–Crippen MR) is 84.5 cm³/mol. The van der Waals surface area contributed by atoms with Gasteiger partial charge in [0.1, 0.15) is 11.4 Å². The summed E-state index contributed by atoms with van der Waals surface area (Å²) in [6, 6.07) is 8.39. The summed E-state index contributed by atoms with van der Waals surface area (Å²) in [5.41, 5.74) is 1.90. The molecule has 2 heterocycles. The Balaban J connectivity index is 1.71. The average molecular weight is 301 g/mol. The summed E-state index contributed by atoms with van der Waals surface area (Å²) in [6.07, 6.45) is 4.32. The topological polar surface area (TPSA) is 61.4 Å². The van der Waals surface area contributed by atoms with Crippen LogP contribution in [0.25, 0.3) is 0 Å². The summed E-state index contributed by atoms with van der Waals surface area (Å²) in [4.78, 5) is 9.70. The molecule has 5 heteroatoms. The number of hydrogen-bond acceptors (Lipinski definition) is 4. The van der Waals surface area contributed by atoms with Crippen LogP contribution in [-0.2, 0) is 17.7 Å². The monoisotopic (exact) mass is 301 g/mol. The van der Waals surface area contributed by atoms with Gasteiger partial charge in [-0.25, -0.2) is 4.98 Å². The highest BCUT2D eigenvalue weighted by Gasteiger charge is 2.36. The van der Waals surface area contributed by atoms with Crippen molar-refractivity contribution in [2.24, 2.45) is 0 Å². The number of hydrogen-bond donors (Lipinski definition) is 2. The summed E-state index contributed by atoms with van der Waals surface area (Å²) >= 11 is 0. The van der Waals surface area contributed by atoms with Crippen LogP contribution in [0.2, 0.25) is 0 Å². The summed E-state index contributed by atoms with van der Waals surface area (Å²) in [5, 5.41) is 9.94.